The van der Waals surface area contributed by atoms with Gasteiger partial charge in [-0.3, -0.25) is 14.4 Å². The van der Waals surface area contributed by atoms with Crippen LogP contribution in [0.15, 0.2) is 12.2 Å². The number of nitrogens with zero attached hydrogens (tertiary/aromatic N) is 1. The van der Waals surface area contributed by atoms with E-state index in [0.29, 0.717) is 58.8 Å². The maximum absolute atomic E-state index is 12.0. The highest BCUT2D eigenvalue weighted by Gasteiger charge is 2.20. The number of unbranched alkanes of at least 4 members (excludes halogenated alkanes) is 1. The van der Waals surface area contributed by atoms with Crippen LogP contribution in [0.2, 0.25) is 0 Å². The first kappa shape index (κ1) is 35.2. The minimum Gasteiger partial charge on any atom is -0.379 e. The number of allylic oxidation sites excluding steroid dienone is 1. The maximum Gasteiger partial charge on any atom is 0.225 e. The largest absolute Gasteiger partial charge is 0.379 e. The molecule has 0 aliphatic rings. The van der Waals surface area contributed by atoms with Crippen molar-refractivity contribution < 1.29 is 23.9 Å². The molecule has 0 heterocycles. The van der Waals surface area contributed by atoms with Gasteiger partial charge in [-0.05, 0) is 51.2 Å². The first-order valence-corrected chi connectivity index (χ1v) is 13.9. The lowest BCUT2D eigenvalue weighted by atomic mass is 9.92. The van der Waals surface area contributed by atoms with Gasteiger partial charge in [0.25, 0.3) is 0 Å². The Morgan fingerprint density at radius 2 is 1.43 bits per heavy atom. The minimum absolute atomic E-state index is 0.0204. The van der Waals surface area contributed by atoms with Crippen LogP contribution in [0.5, 0.6) is 0 Å². The van der Waals surface area contributed by atoms with E-state index >= 15 is 0 Å². The molecule has 2 amide bonds. The fourth-order valence-electron chi connectivity index (χ4n) is 3.33. The molecule has 0 aromatic heterocycles. The van der Waals surface area contributed by atoms with E-state index in [1.165, 1.54) is 0 Å². The number of Topliss-reactive ketones (excluding diaryl/α,β-unsaturated/α-hetero) is 1. The van der Waals surface area contributed by atoms with Crippen molar-refractivity contribution in [2.75, 3.05) is 59.7 Å². The van der Waals surface area contributed by atoms with Gasteiger partial charge in [0.1, 0.15) is 5.78 Å². The molecule has 2 N–H and O–H groups in total. The Balaban J connectivity index is 3.53. The lowest BCUT2D eigenvalue weighted by molar-refractivity contribution is -0.128. The quantitative estimate of drug-likeness (QED) is 0.173. The van der Waals surface area contributed by atoms with Crippen LogP contribution in [-0.4, -0.2) is 82.2 Å². The predicted molar refractivity (Wildman–Crippen MR) is 151 cm³/mol. The van der Waals surface area contributed by atoms with E-state index in [2.05, 4.69) is 43.4 Å². The average molecular weight is 526 g/mol. The van der Waals surface area contributed by atoms with Crippen LogP contribution in [-0.2, 0) is 23.9 Å². The Morgan fingerprint density at radius 1 is 0.784 bits per heavy atom. The van der Waals surface area contributed by atoms with Gasteiger partial charge < -0.3 is 25.0 Å². The highest BCUT2D eigenvalue weighted by atomic mass is 16.5. The van der Waals surface area contributed by atoms with Crippen molar-refractivity contribution in [2.45, 2.75) is 86.5 Å². The lowest BCUT2D eigenvalue weighted by Gasteiger charge is -2.18. The van der Waals surface area contributed by atoms with Crippen molar-refractivity contribution in [3.05, 3.63) is 12.2 Å². The molecule has 0 aliphatic heterocycles. The van der Waals surface area contributed by atoms with Crippen LogP contribution in [0, 0.1) is 10.8 Å². The maximum atomic E-state index is 12.0. The molecule has 0 spiro atoms. The summed E-state index contributed by atoms with van der Waals surface area (Å²) < 4.78 is 11.0. The van der Waals surface area contributed by atoms with E-state index in [4.69, 9.17) is 9.47 Å². The van der Waals surface area contributed by atoms with E-state index in [-0.39, 0.29) is 28.4 Å². The lowest BCUT2D eigenvalue weighted by Crippen LogP contribution is -2.35. The Labute approximate surface area is 226 Å². The molecule has 0 aliphatic carbocycles. The molecule has 0 saturated heterocycles. The van der Waals surface area contributed by atoms with Gasteiger partial charge in [-0.1, -0.05) is 53.7 Å². The summed E-state index contributed by atoms with van der Waals surface area (Å²) in [5, 5.41) is 5.88. The summed E-state index contributed by atoms with van der Waals surface area (Å²) in [4.78, 5) is 37.8. The third kappa shape index (κ3) is 24.3. The van der Waals surface area contributed by atoms with Crippen LogP contribution >= 0.6 is 0 Å². The van der Waals surface area contributed by atoms with Gasteiger partial charge in [0.15, 0.2) is 0 Å². The molecule has 0 bridgehead atoms. The van der Waals surface area contributed by atoms with Crippen LogP contribution < -0.4 is 10.6 Å². The number of ketones is 1. The van der Waals surface area contributed by atoms with Crippen molar-refractivity contribution in [1.29, 1.82) is 0 Å². The summed E-state index contributed by atoms with van der Waals surface area (Å²) in [7, 11) is 2.08. The van der Waals surface area contributed by atoms with Crippen LogP contribution in [0.3, 0.4) is 0 Å². The summed E-state index contributed by atoms with van der Waals surface area (Å²) in [6, 6.07) is 0. The molecule has 8 heteroatoms. The third-order valence-electron chi connectivity index (χ3n) is 5.51. The van der Waals surface area contributed by atoms with Crippen molar-refractivity contribution in [3.63, 3.8) is 0 Å². The zero-order valence-corrected chi connectivity index (χ0v) is 24.7. The molecule has 0 unspecified atom stereocenters. The second-order valence-electron chi connectivity index (χ2n) is 12.0. The van der Waals surface area contributed by atoms with Gasteiger partial charge in [0, 0.05) is 44.4 Å². The monoisotopic (exact) mass is 525 g/mol. The smallest absolute Gasteiger partial charge is 0.225 e. The molecule has 0 rings (SSSR count). The molecule has 0 radical (unpaired) electrons. The Kier molecular flexibility index (Phi) is 19.3. The molecular weight excluding hydrogens is 470 g/mol. The Morgan fingerprint density at radius 3 is 2.11 bits per heavy atom. The van der Waals surface area contributed by atoms with Crippen molar-refractivity contribution >= 4 is 17.6 Å². The molecule has 0 fully saturated rings. The summed E-state index contributed by atoms with van der Waals surface area (Å²) in [6.07, 6.45) is 8.96. The Hall–Kier alpha value is -1.77. The number of ether oxygens (including phenoxy) is 2. The fraction of sp³-hybridized carbons (Fsp3) is 0.828. The third-order valence-corrected chi connectivity index (χ3v) is 5.51. The number of nitrogens with one attached hydrogen (secondary N) is 2. The summed E-state index contributed by atoms with van der Waals surface area (Å²) in [5.41, 5.74) is -0.342. The van der Waals surface area contributed by atoms with Gasteiger partial charge in [0.2, 0.25) is 11.8 Å². The topological polar surface area (TPSA) is 97.0 Å². The first-order valence-electron chi connectivity index (χ1n) is 13.9. The van der Waals surface area contributed by atoms with E-state index in [1.807, 2.05) is 32.9 Å². The molecule has 8 nitrogen and oxygen atoms in total. The molecule has 37 heavy (non-hydrogen) atoms. The molecule has 0 aromatic rings. The number of hydrogen-bond acceptors (Lipinski definition) is 6. The fourth-order valence-corrected chi connectivity index (χ4v) is 3.33. The summed E-state index contributed by atoms with van der Waals surface area (Å²) in [6.45, 7) is 17.2. The van der Waals surface area contributed by atoms with Gasteiger partial charge in [-0.2, -0.15) is 0 Å². The number of carbonyl (C=O) groups is 3. The molecule has 0 aromatic carbocycles. The molecule has 0 saturated carbocycles. The standard InChI is InChI=1S/C29H55N3O5/c1-28(2,3)24-26(34)30-16-12-19-32(7)18-10-8-14-25(33)15-9-11-20-36-22-23-37-21-13-17-31-27(35)29(4,5)6/h9,11H,8,10,12-24H2,1-7H3,(H,30,34)(H,31,35)/b11-9+. The van der Waals surface area contributed by atoms with E-state index < -0.39 is 0 Å². The Bertz CT molecular complexity index is 665. The SMILES string of the molecule is CN(CCCCC(=O)C/C=C/COCCOCCCNC(=O)C(C)(C)C)CCCNC(=O)CC(C)(C)C. The molecule has 0 atom stereocenters. The van der Waals surface area contributed by atoms with Crippen LogP contribution in [0.4, 0.5) is 0 Å². The number of carbonyl (C=O) groups excluding carboxylic acids is 3. The van der Waals surface area contributed by atoms with E-state index in [9.17, 15) is 14.4 Å². The van der Waals surface area contributed by atoms with Crippen molar-refractivity contribution in [2.24, 2.45) is 10.8 Å². The van der Waals surface area contributed by atoms with Crippen LogP contribution in [0.1, 0.15) is 86.5 Å². The first-order chi connectivity index (χ1) is 17.3. The predicted octanol–water partition coefficient (Wildman–Crippen LogP) is 4.13. The number of hydrogen-bond donors (Lipinski definition) is 2. The van der Waals surface area contributed by atoms with Gasteiger partial charge in [-0.15, -0.1) is 0 Å². The van der Waals surface area contributed by atoms with Crippen molar-refractivity contribution in [3.8, 4) is 0 Å². The second-order valence-corrected chi connectivity index (χ2v) is 12.0. The van der Waals surface area contributed by atoms with E-state index in [1.54, 1.807) is 0 Å². The minimum atomic E-state index is -0.363. The molecule has 216 valence electrons. The zero-order valence-electron chi connectivity index (χ0n) is 24.7. The van der Waals surface area contributed by atoms with Gasteiger partial charge in [0.05, 0.1) is 19.8 Å². The van der Waals surface area contributed by atoms with Crippen LogP contribution in [0.25, 0.3) is 0 Å². The number of rotatable bonds is 21. The van der Waals surface area contributed by atoms with Gasteiger partial charge >= 0.3 is 0 Å². The summed E-state index contributed by atoms with van der Waals surface area (Å²) in [5.74, 6) is 0.423. The highest BCUT2D eigenvalue weighted by molar-refractivity contribution is 5.81. The average Bonchev–Trinajstić information content (AvgIpc) is 2.78. The second kappa shape index (κ2) is 20.2. The summed E-state index contributed by atoms with van der Waals surface area (Å²) >= 11 is 0. The normalized spacial score (nSPS) is 12.3. The zero-order chi connectivity index (χ0) is 28.2. The molecular formula is C29H55N3O5. The highest BCUT2D eigenvalue weighted by Crippen LogP contribution is 2.17. The van der Waals surface area contributed by atoms with Gasteiger partial charge in [-0.25, -0.2) is 0 Å². The van der Waals surface area contributed by atoms with E-state index in [0.717, 1.165) is 38.8 Å². The number of amides is 2. The van der Waals surface area contributed by atoms with Crippen molar-refractivity contribution in [1.82, 2.24) is 15.5 Å².